The number of fused-ring (bicyclic) bond motifs is 2. The van der Waals surface area contributed by atoms with Gasteiger partial charge in [0.15, 0.2) is 0 Å². The lowest BCUT2D eigenvalue weighted by Crippen LogP contribution is -2.40. The Hall–Kier alpha value is -1.52. The number of amides is 1. The maximum Gasteiger partial charge on any atom is 0.268 e. The van der Waals surface area contributed by atoms with Crippen LogP contribution in [0.15, 0.2) is 36.2 Å². The molecule has 5 heterocycles. The Morgan fingerprint density at radius 1 is 1.32 bits per heavy atom. The van der Waals surface area contributed by atoms with Crippen LogP contribution >= 0.6 is 22.9 Å². The van der Waals surface area contributed by atoms with Crippen LogP contribution in [0.4, 0.5) is 0 Å². The number of thiophene rings is 1. The summed E-state index contributed by atoms with van der Waals surface area (Å²) in [5.74, 6) is 1.35. The third-order valence-corrected chi connectivity index (χ3v) is 6.57. The first-order chi connectivity index (χ1) is 10.7. The summed E-state index contributed by atoms with van der Waals surface area (Å²) in [6.45, 7) is 3.12. The van der Waals surface area contributed by atoms with Gasteiger partial charge in [-0.25, -0.2) is 0 Å². The Kier molecular flexibility index (Phi) is 2.65. The van der Waals surface area contributed by atoms with Crippen molar-refractivity contribution in [2.75, 3.05) is 19.6 Å². The van der Waals surface area contributed by atoms with E-state index in [0.717, 1.165) is 39.6 Å². The first-order valence-electron chi connectivity index (χ1n) is 7.66. The van der Waals surface area contributed by atoms with Crippen LogP contribution in [-0.2, 0) is 0 Å². The van der Waals surface area contributed by atoms with Crippen molar-refractivity contribution in [3.8, 4) is 0 Å². The summed E-state index contributed by atoms with van der Waals surface area (Å²) < 4.78 is 1.08. The standard InChI is InChI=1S/C17H15ClN2OS/c18-13-2-1-3-15-12(13)6-16(22-15)17(21)20-8-10-7-19-5-4-11(10)14(20)9-19/h1-3,6,9-11H,4-5,7-8H2/t10-,11-/m0/s1. The number of benzene rings is 1. The Bertz CT molecular complexity index is 827. The second-order valence-electron chi connectivity index (χ2n) is 6.38. The minimum absolute atomic E-state index is 0.139. The van der Waals surface area contributed by atoms with Gasteiger partial charge in [0.1, 0.15) is 0 Å². The number of halogens is 1. The smallest absolute Gasteiger partial charge is 0.268 e. The minimum Gasteiger partial charge on any atom is -0.376 e. The predicted octanol–water partition coefficient (Wildman–Crippen LogP) is 3.80. The van der Waals surface area contributed by atoms with Gasteiger partial charge in [0.2, 0.25) is 0 Å². The molecular weight excluding hydrogens is 316 g/mol. The summed E-state index contributed by atoms with van der Waals surface area (Å²) in [5.41, 5.74) is 1.23. The molecule has 4 aliphatic rings. The molecule has 3 nitrogen and oxygen atoms in total. The van der Waals surface area contributed by atoms with Crippen molar-refractivity contribution in [1.82, 2.24) is 9.80 Å². The molecule has 6 rings (SSSR count). The number of carbonyl (C=O) groups excluding carboxylic acids is 1. The Balaban J connectivity index is 1.54. The molecule has 22 heavy (non-hydrogen) atoms. The van der Waals surface area contributed by atoms with Crippen molar-refractivity contribution in [2.45, 2.75) is 6.42 Å². The minimum atomic E-state index is 0.139. The van der Waals surface area contributed by atoms with Gasteiger partial charge in [-0.15, -0.1) is 11.3 Å². The van der Waals surface area contributed by atoms with Crippen LogP contribution in [-0.4, -0.2) is 35.3 Å². The van der Waals surface area contributed by atoms with Gasteiger partial charge < -0.3 is 9.80 Å². The molecule has 0 spiro atoms. The molecule has 1 aromatic heterocycles. The number of allylic oxidation sites excluding steroid dienone is 1. The molecule has 2 atom stereocenters. The topological polar surface area (TPSA) is 23.6 Å². The lowest BCUT2D eigenvalue weighted by molar-refractivity contribution is 0.0825. The summed E-state index contributed by atoms with van der Waals surface area (Å²) in [6.07, 6.45) is 3.40. The van der Waals surface area contributed by atoms with E-state index in [1.54, 1.807) is 11.3 Å². The highest BCUT2D eigenvalue weighted by atomic mass is 35.5. The zero-order chi connectivity index (χ0) is 14.8. The average Bonchev–Trinajstić information content (AvgIpc) is 3.08. The lowest BCUT2D eigenvalue weighted by atomic mass is 9.84. The summed E-state index contributed by atoms with van der Waals surface area (Å²) >= 11 is 7.78. The second kappa shape index (κ2) is 4.49. The van der Waals surface area contributed by atoms with Crippen LogP contribution < -0.4 is 0 Å². The lowest BCUT2D eigenvalue weighted by Gasteiger charge is -2.39. The number of carbonyl (C=O) groups is 1. The molecule has 1 amide bonds. The van der Waals surface area contributed by atoms with Crippen LogP contribution in [0.2, 0.25) is 5.02 Å². The zero-order valence-corrected chi connectivity index (χ0v) is 13.5. The summed E-state index contributed by atoms with van der Waals surface area (Å²) in [4.78, 5) is 18.2. The van der Waals surface area contributed by atoms with E-state index in [2.05, 4.69) is 11.1 Å². The van der Waals surface area contributed by atoms with Crippen molar-refractivity contribution in [3.05, 3.63) is 46.1 Å². The fourth-order valence-corrected chi connectivity index (χ4v) is 5.43. The van der Waals surface area contributed by atoms with Crippen LogP contribution in [0.25, 0.3) is 10.1 Å². The highest BCUT2D eigenvalue weighted by molar-refractivity contribution is 7.20. The van der Waals surface area contributed by atoms with Gasteiger partial charge in [0, 0.05) is 58.5 Å². The van der Waals surface area contributed by atoms with Gasteiger partial charge in [-0.2, -0.15) is 0 Å². The molecule has 0 saturated carbocycles. The molecule has 4 aliphatic heterocycles. The second-order valence-corrected chi connectivity index (χ2v) is 7.87. The van der Waals surface area contributed by atoms with Crippen molar-refractivity contribution >= 4 is 38.9 Å². The fraction of sp³-hybridized carbons (Fsp3) is 0.353. The molecule has 0 radical (unpaired) electrons. The van der Waals surface area contributed by atoms with E-state index in [0.29, 0.717) is 11.8 Å². The maximum absolute atomic E-state index is 13.0. The predicted molar refractivity (Wildman–Crippen MR) is 89.1 cm³/mol. The summed E-state index contributed by atoms with van der Waals surface area (Å²) in [5, 5.41) is 1.70. The normalized spacial score (nSPS) is 26.0. The highest BCUT2D eigenvalue weighted by Crippen LogP contribution is 2.44. The van der Waals surface area contributed by atoms with Gasteiger partial charge in [0.25, 0.3) is 5.91 Å². The largest absolute Gasteiger partial charge is 0.376 e. The number of hydrogen-bond donors (Lipinski definition) is 0. The van der Waals surface area contributed by atoms with E-state index in [4.69, 9.17) is 11.6 Å². The molecule has 5 heteroatoms. The van der Waals surface area contributed by atoms with Crippen LogP contribution in [0, 0.1) is 11.8 Å². The van der Waals surface area contributed by atoms with Gasteiger partial charge in [-0.1, -0.05) is 17.7 Å². The number of rotatable bonds is 1. The molecule has 0 unspecified atom stereocenters. The number of likely N-dealkylation sites (tertiary alicyclic amines) is 1. The van der Waals surface area contributed by atoms with Crippen LogP contribution in [0.3, 0.4) is 0 Å². The molecular formula is C17H15ClN2OS. The van der Waals surface area contributed by atoms with Crippen molar-refractivity contribution in [2.24, 2.45) is 11.8 Å². The van der Waals surface area contributed by atoms with E-state index in [1.165, 1.54) is 12.1 Å². The van der Waals surface area contributed by atoms with E-state index in [9.17, 15) is 4.79 Å². The van der Waals surface area contributed by atoms with E-state index in [1.807, 2.05) is 29.2 Å². The van der Waals surface area contributed by atoms with Crippen LogP contribution in [0.5, 0.6) is 0 Å². The number of hydrogen-bond acceptors (Lipinski definition) is 3. The van der Waals surface area contributed by atoms with E-state index < -0.39 is 0 Å². The Labute approximate surface area is 137 Å². The molecule has 4 bridgehead atoms. The molecule has 2 fully saturated rings. The first kappa shape index (κ1) is 13.0. The van der Waals surface area contributed by atoms with Gasteiger partial charge in [-0.05, 0) is 24.6 Å². The zero-order valence-electron chi connectivity index (χ0n) is 12.0. The third-order valence-electron chi connectivity index (χ3n) is 5.15. The van der Waals surface area contributed by atoms with Crippen molar-refractivity contribution < 1.29 is 4.79 Å². The van der Waals surface area contributed by atoms with Gasteiger partial charge in [-0.3, -0.25) is 4.79 Å². The van der Waals surface area contributed by atoms with E-state index in [-0.39, 0.29) is 5.91 Å². The SMILES string of the molecule is O=C(c1cc2c(Cl)cccc2s1)N1C[C@@H]2CN3C=C1[C@H]2CC3. The monoisotopic (exact) mass is 330 g/mol. The number of piperidine rings is 1. The third kappa shape index (κ3) is 1.71. The summed E-state index contributed by atoms with van der Waals surface area (Å²) in [7, 11) is 0. The average molecular weight is 331 g/mol. The Morgan fingerprint density at radius 2 is 2.23 bits per heavy atom. The molecule has 2 saturated heterocycles. The van der Waals surface area contributed by atoms with Gasteiger partial charge in [0.05, 0.1) is 4.88 Å². The molecule has 0 N–H and O–H groups in total. The summed E-state index contributed by atoms with van der Waals surface area (Å²) in [6, 6.07) is 7.79. The van der Waals surface area contributed by atoms with E-state index >= 15 is 0 Å². The first-order valence-corrected chi connectivity index (χ1v) is 8.86. The van der Waals surface area contributed by atoms with Crippen molar-refractivity contribution in [3.63, 3.8) is 0 Å². The highest BCUT2D eigenvalue weighted by Gasteiger charge is 2.46. The Morgan fingerprint density at radius 3 is 3.00 bits per heavy atom. The molecule has 0 aliphatic carbocycles. The quantitative estimate of drug-likeness (QED) is 0.794. The van der Waals surface area contributed by atoms with Gasteiger partial charge >= 0.3 is 0 Å². The van der Waals surface area contributed by atoms with Crippen LogP contribution in [0.1, 0.15) is 16.1 Å². The molecule has 2 aromatic rings. The maximum atomic E-state index is 13.0. The number of nitrogens with zero attached hydrogens (tertiary/aromatic N) is 2. The van der Waals surface area contributed by atoms with Crippen molar-refractivity contribution in [1.29, 1.82) is 0 Å². The molecule has 1 aromatic carbocycles. The molecule has 112 valence electrons. The fourth-order valence-electron chi connectivity index (χ4n) is 4.11.